The van der Waals surface area contributed by atoms with Gasteiger partial charge in [-0.2, -0.15) is 13.2 Å². The Bertz CT molecular complexity index is 796. The van der Waals surface area contributed by atoms with Gasteiger partial charge in [0.05, 0.1) is 23.4 Å². The molecule has 1 aromatic carbocycles. The minimum absolute atomic E-state index is 0.0265. The molecular formula is C20H23F3N2O3. The number of ether oxygens (including phenoxy) is 1. The first-order valence-electron chi connectivity index (χ1n) is 9.86. The molecule has 4 aliphatic carbocycles. The van der Waals surface area contributed by atoms with E-state index in [1.54, 1.807) is 0 Å². The summed E-state index contributed by atoms with van der Waals surface area (Å²) in [6.45, 7) is 0.444. The quantitative estimate of drug-likeness (QED) is 0.763. The first-order valence-corrected chi connectivity index (χ1v) is 9.86. The standard InChI is InChI=1S/C20H23F3N2O3/c21-20(22,23)14-1-2-16-15(7-14)25(3-4-28-16)18(26)24-17-12-5-11-6-13(17)10-19(27,8-11)9-12/h1-2,7,11-13,17,27H,3-6,8-10H2,(H,24,26)/t11?,12?,13?,17-,19-. The van der Waals surface area contributed by atoms with Gasteiger partial charge in [0.2, 0.25) is 0 Å². The lowest BCUT2D eigenvalue weighted by molar-refractivity contribution is -0.137. The molecule has 1 aliphatic heterocycles. The molecule has 2 amide bonds. The molecule has 8 heteroatoms. The molecule has 0 radical (unpaired) electrons. The van der Waals surface area contributed by atoms with Crippen molar-refractivity contribution in [3.05, 3.63) is 23.8 Å². The van der Waals surface area contributed by atoms with E-state index in [1.807, 2.05) is 0 Å². The molecule has 5 nitrogen and oxygen atoms in total. The molecule has 4 bridgehead atoms. The number of nitrogens with one attached hydrogen (secondary N) is 1. The fourth-order valence-corrected chi connectivity index (χ4v) is 6.04. The molecule has 0 spiro atoms. The van der Waals surface area contributed by atoms with Crippen molar-refractivity contribution in [3.8, 4) is 5.75 Å². The van der Waals surface area contributed by atoms with Gasteiger partial charge in [-0.1, -0.05) is 0 Å². The molecule has 2 N–H and O–H groups in total. The highest BCUT2D eigenvalue weighted by Crippen LogP contribution is 2.55. The molecule has 0 aromatic heterocycles. The summed E-state index contributed by atoms with van der Waals surface area (Å²) >= 11 is 0. The maximum Gasteiger partial charge on any atom is 0.416 e. The van der Waals surface area contributed by atoms with Crippen molar-refractivity contribution < 1.29 is 27.8 Å². The van der Waals surface area contributed by atoms with Crippen molar-refractivity contribution in [1.82, 2.24) is 5.32 Å². The lowest BCUT2D eigenvalue weighted by Gasteiger charge is -2.58. The molecule has 1 heterocycles. The van der Waals surface area contributed by atoms with Gasteiger partial charge in [-0.25, -0.2) is 4.79 Å². The van der Waals surface area contributed by atoms with Gasteiger partial charge < -0.3 is 15.2 Å². The number of halogens is 3. The number of alkyl halides is 3. The van der Waals surface area contributed by atoms with Gasteiger partial charge in [0, 0.05) is 6.04 Å². The fraction of sp³-hybridized carbons (Fsp3) is 0.650. The van der Waals surface area contributed by atoms with Gasteiger partial charge in [0.1, 0.15) is 12.4 Å². The van der Waals surface area contributed by atoms with Crippen molar-refractivity contribution in [2.24, 2.45) is 17.8 Å². The first kappa shape index (κ1) is 18.1. The SMILES string of the molecule is O=C(N[C@H]1C2CC3CC1C[C@](O)(C3)C2)N1CCOc2ccc(C(F)(F)F)cc21. The minimum atomic E-state index is -4.48. The molecule has 2 unspecified atom stereocenters. The zero-order chi connectivity index (χ0) is 19.7. The number of amides is 2. The normalized spacial score (nSPS) is 36.1. The average Bonchev–Trinajstić information content (AvgIpc) is 2.61. The largest absolute Gasteiger partial charge is 0.490 e. The van der Waals surface area contributed by atoms with Gasteiger partial charge in [-0.15, -0.1) is 0 Å². The third-order valence-electron chi connectivity index (χ3n) is 6.93. The van der Waals surface area contributed by atoms with Crippen LogP contribution < -0.4 is 15.0 Å². The monoisotopic (exact) mass is 396 g/mol. The van der Waals surface area contributed by atoms with Crippen LogP contribution in [0.15, 0.2) is 18.2 Å². The van der Waals surface area contributed by atoms with E-state index in [2.05, 4.69) is 5.32 Å². The fourth-order valence-electron chi connectivity index (χ4n) is 6.04. The summed E-state index contributed by atoms with van der Waals surface area (Å²) in [6, 6.07) is 2.82. The van der Waals surface area contributed by atoms with E-state index < -0.39 is 17.3 Å². The molecule has 4 saturated carbocycles. The van der Waals surface area contributed by atoms with E-state index in [4.69, 9.17) is 4.74 Å². The minimum Gasteiger partial charge on any atom is -0.490 e. The van der Waals surface area contributed by atoms with E-state index in [0.29, 0.717) is 18.8 Å². The Hall–Kier alpha value is -1.96. The van der Waals surface area contributed by atoms with E-state index in [0.717, 1.165) is 31.4 Å². The number of benzene rings is 1. The Morgan fingerprint density at radius 2 is 1.93 bits per heavy atom. The lowest BCUT2D eigenvalue weighted by Crippen LogP contribution is -2.63. The second kappa shape index (κ2) is 6.02. The summed E-state index contributed by atoms with van der Waals surface area (Å²) in [5.74, 6) is 1.28. The van der Waals surface area contributed by atoms with Crippen LogP contribution in [-0.4, -0.2) is 35.9 Å². The van der Waals surface area contributed by atoms with Crippen LogP contribution in [0.2, 0.25) is 0 Å². The maximum atomic E-state index is 13.1. The molecular weight excluding hydrogens is 373 g/mol. The summed E-state index contributed by atoms with van der Waals surface area (Å²) in [4.78, 5) is 14.4. The second-order valence-electron chi connectivity index (χ2n) is 8.85. The molecule has 4 fully saturated rings. The highest BCUT2D eigenvalue weighted by atomic mass is 19.4. The van der Waals surface area contributed by atoms with Gasteiger partial charge in [0.15, 0.2) is 0 Å². The molecule has 2 atom stereocenters. The highest BCUT2D eigenvalue weighted by molar-refractivity contribution is 5.94. The number of hydrogen-bond acceptors (Lipinski definition) is 3. The molecule has 0 saturated heterocycles. The van der Waals surface area contributed by atoms with Crippen molar-refractivity contribution in [1.29, 1.82) is 0 Å². The smallest absolute Gasteiger partial charge is 0.416 e. The van der Waals surface area contributed by atoms with Crippen molar-refractivity contribution >= 4 is 11.7 Å². The molecule has 5 aliphatic rings. The van der Waals surface area contributed by atoms with Crippen molar-refractivity contribution in [2.75, 3.05) is 18.1 Å². The zero-order valence-electron chi connectivity index (χ0n) is 15.3. The Morgan fingerprint density at radius 3 is 2.57 bits per heavy atom. The maximum absolute atomic E-state index is 13.1. The number of hydrogen-bond donors (Lipinski definition) is 2. The summed E-state index contributed by atoms with van der Waals surface area (Å²) in [5, 5.41) is 13.8. The number of aliphatic hydroxyl groups is 1. The Morgan fingerprint density at radius 1 is 1.21 bits per heavy atom. The third-order valence-corrected chi connectivity index (χ3v) is 6.93. The number of anilines is 1. The summed E-state index contributed by atoms with van der Waals surface area (Å²) < 4.78 is 44.8. The van der Waals surface area contributed by atoms with Crippen LogP contribution in [0.25, 0.3) is 0 Å². The van der Waals surface area contributed by atoms with Crippen LogP contribution in [0.3, 0.4) is 0 Å². The van der Waals surface area contributed by atoms with Crippen molar-refractivity contribution in [2.45, 2.75) is 49.9 Å². The van der Waals surface area contributed by atoms with Crippen LogP contribution in [-0.2, 0) is 6.18 Å². The van der Waals surface area contributed by atoms with E-state index >= 15 is 0 Å². The predicted molar refractivity (Wildman–Crippen MR) is 95.1 cm³/mol. The van der Waals surface area contributed by atoms with Gasteiger partial charge >= 0.3 is 12.2 Å². The van der Waals surface area contributed by atoms with Crippen LogP contribution in [0.4, 0.5) is 23.7 Å². The number of rotatable bonds is 1. The number of nitrogens with zero attached hydrogens (tertiary/aromatic N) is 1. The molecule has 28 heavy (non-hydrogen) atoms. The van der Waals surface area contributed by atoms with Crippen LogP contribution in [0.5, 0.6) is 5.75 Å². The van der Waals surface area contributed by atoms with Gasteiger partial charge in [-0.05, 0) is 68.1 Å². The lowest BCUT2D eigenvalue weighted by atomic mass is 9.52. The van der Waals surface area contributed by atoms with Crippen LogP contribution in [0, 0.1) is 17.8 Å². The first-order chi connectivity index (χ1) is 13.2. The Balaban J connectivity index is 1.37. The van der Waals surface area contributed by atoms with Gasteiger partial charge in [0.25, 0.3) is 0 Å². The second-order valence-corrected chi connectivity index (χ2v) is 8.85. The third kappa shape index (κ3) is 2.93. The average molecular weight is 396 g/mol. The summed E-state index contributed by atoms with van der Waals surface area (Å²) in [6.07, 6.45) is -0.224. The van der Waals surface area contributed by atoms with E-state index in [9.17, 15) is 23.1 Å². The predicted octanol–water partition coefficient (Wildman–Crippen LogP) is 3.55. The molecule has 1 aromatic rings. The van der Waals surface area contributed by atoms with Crippen LogP contribution >= 0.6 is 0 Å². The van der Waals surface area contributed by atoms with E-state index in [-0.39, 0.29) is 48.5 Å². The topological polar surface area (TPSA) is 61.8 Å². The number of carbonyl (C=O) groups excluding carboxylic acids is 1. The van der Waals surface area contributed by atoms with Gasteiger partial charge in [-0.3, -0.25) is 4.90 Å². The molecule has 6 rings (SSSR count). The zero-order valence-corrected chi connectivity index (χ0v) is 15.3. The van der Waals surface area contributed by atoms with E-state index in [1.165, 1.54) is 11.0 Å². The number of fused-ring (bicyclic) bond motifs is 1. The number of urea groups is 1. The number of carbonyl (C=O) groups is 1. The highest BCUT2D eigenvalue weighted by Gasteiger charge is 2.55. The van der Waals surface area contributed by atoms with Crippen molar-refractivity contribution in [3.63, 3.8) is 0 Å². The molecule has 152 valence electrons. The summed E-state index contributed by atoms with van der Waals surface area (Å²) in [7, 11) is 0. The summed E-state index contributed by atoms with van der Waals surface area (Å²) in [5.41, 5.74) is -1.24. The Kier molecular flexibility index (Phi) is 3.89. The van der Waals surface area contributed by atoms with Crippen LogP contribution in [0.1, 0.15) is 37.7 Å². The Labute approximate surface area is 160 Å².